The Morgan fingerprint density at radius 2 is 2.16 bits per heavy atom. The normalized spacial score (nSPS) is 11.3. The Morgan fingerprint density at radius 3 is 2.92 bits per heavy atom. The van der Waals surface area contributed by atoms with Gasteiger partial charge in [-0.3, -0.25) is 14.0 Å². The van der Waals surface area contributed by atoms with Gasteiger partial charge in [0.2, 0.25) is 5.89 Å². The van der Waals surface area contributed by atoms with Crippen molar-refractivity contribution in [3.05, 3.63) is 68.7 Å². The Kier molecular flexibility index (Phi) is 3.74. The Labute approximate surface area is 150 Å². The van der Waals surface area contributed by atoms with Crippen molar-refractivity contribution in [2.75, 3.05) is 0 Å². The summed E-state index contributed by atoms with van der Waals surface area (Å²) in [6.07, 6.45) is 2.93. The van der Waals surface area contributed by atoms with Crippen molar-refractivity contribution < 1.29 is 9.21 Å². The predicted octanol–water partition coefficient (Wildman–Crippen LogP) is 3.01. The van der Waals surface area contributed by atoms with Crippen LogP contribution in [0.2, 0.25) is 10.2 Å². The van der Waals surface area contributed by atoms with E-state index in [1.165, 1.54) is 18.5 Å². The number of nitrogens with zero attached hydrogens (tertiary/aromatic N) is 2. The summed E-state index contributed by atoms with van der Waals surface area (Å²) in [5.74, 6) is 0.0794. The number of carbonyl (C=O) groups is 1. The second-order valence-electron chi connectivity index (χ2n) is 5.29. The third kappa shape index (κ3) is 2.67. The molecular formula is C16H10Cl2N4O3. The van der Waals surface area contributed by atoms with Crippen LogP contribution >= 0.6 is 23.2 Å². The van der Waals surface area contributed by atoms with Crippen molar-refractivity contribution in [1.29, 1.82) is 0 Å². The van der Waals surface area contributed by atoms with Crippen molar-refractivity contribution >= 4 is 45.7 Å². The molecule has 3 heterocycles. The van der Waals surface area contributed by atoms with Gasteiger partial charge in [0.25, 0.3) is 11.5 Å². The van der Waals surface area contributed by atoms with Crippen LogP contribution in [0.15, 0.2) is 45.9 Å². The highest BCUT2D eigenvalue weighted by Crippen LogP contribution is 2.26. The summed E-state index contributed by atoms with van der Waals surface area (Å²) in [7, 11) is 0. The average Bonchev–Trinajstić information content (AvgIpc) is 3.20. The minimum Gasteiger partial charge on any atom is -0.447 e. The molecule has 0 unspecified atom stereocenters. The number of H-pyrrole nitrogens is 1. The van der Waals surface area contributed by atoms with Gasteiger partial charge in [-0.1, -0.05) is 23.2 Å². The third-order valence-electron chi connectivity index (χ3n) is 3.76. The van der Waals surface area contributed by atoms with Gasteiger partial charge in [0.05, 0.1) is 28.8 Å². The molecule has 3 aromatic heterocycles. The number of carbonyl (C=O) groups excluding carboxylic acids is 1. The number of nitrogens with one attached hydrogen (secondary N) is 2. The fourth-order valence-electron chi connectivity index (χ4n) is 2.65. The number of aromatic nitrogens is 3. The third-order valence-corrected chi connectivity index (χ3v) is 4.32. The maximum Gasteiger partial charge on any atom is 0.274 e. The number of oxazole rings is 1. The molecule has 0 fully saturated rings. The quantitative estimate of drug-likeness (QED) is 0.574. The van der Waals surface area contributed by atoms with E-state index in [-0.39, 0.29) is 28.6 Å². The summed E-state index contributed by atoms with van der Waals surface area (Å²) in [6.45, 7) is 0.165. The first-order valence-electron chi connectivity index (χ1n) is 7.23. The maximum absolute atomic E-state index is 12.3. The van der Waals surface area contributed by atoms with Gasteiger partial charge in [-0.25, -0.2) is 4.98 Å². The van der Waals surface area contributed by atoms with E-state index in [0.717, 1.165) is 0 Å². The highest BCUT2D eigenvalue weighted by Gasteiger charge is 2.15. The monoisotopic (exact) mass is 376 g/mol. The molecule has 0 atom stereocenters. The van der Waals surface area contributed by atoms with E-state index in [4.69, 9.17) is 27.6 Å². The molecule has 0 saturated heterocycles. The molecule has 2 N–H and O–H groups in total. The van der Waals surface area contributed by atoms with E-state index >= 15 is 0 Å². The number of halogens is 2. The van der Waals surface area contributed by atoms with Crippen molar-refractivity contribution in [2.45, 2.75) is 6.54 Å². The van der Waals surface area contributed by atoms with Crippen molar-refractivity contribution in [1.82, 2.24) is 19.7 Å². The summed E-state index contributed by atoms with van der Waals surface area (Å²) < 4.78 is 6.61. The average molecular weight is 377 g/mol. The summed E-state index contributed by atoms with van der Waals surface area (Å²) in [4.78, 5) is 31.2. The Balaban J connectivity index is 1.75. The molecular weight excluding hydrogens is 367 g/mol. The number of fused-ring (bicyclic) bond motifs is 3. The molecule has 0 bridgehead atoms. The molecule has 1 amide bonds. The fraction of sp³-hybridized carbons (Fsp3) is 0.0625. The van der Waals surface area contributed by atoms with E-state index in [9.17, 15) is 9.59 Å². The fourth-order valence-corrected chi connectivity index (χ4v) is 3.26. The SMILES string of the molecule is O=C(NCc1ncco1)c1ccc2c(c1)[nH]c(=O)c1c(Cl)cc(Cl)n12. The largest absolute Gasteiger partial charge is 0.447 e. The lowest BCUT2D eigenvalue weighted by atomic mass is 10.1. The minimum absolute atomic E-state index is 0.165. The van der Waals surface area contributed by atoms with E-state index in [2.05, 4.69) is 15.3 Å². The number of aromatic amines is 1. The zero-order chi connectivity index (χ0) is 17.6. The lowest BCUT2D eigenvalue weighted by molar-refractivity contribution is 0.0947. The van der Waals surface area contributed by atoms with Gasteiger partial charge >= 0.3 is 0 Å². The van der Waals surface area contributed by atoms with Gasteiger partial charge in [0.15, 0.2) is 0 Å². The van der Waals surface area contributed by atoms with E-state index < -0.39 is 0 Å². The molecule has 4 rings (SSSR count). The van der Waals surface area contributed by atoms with Crippen LogP contribution < -0.4 is 10.9 Å². The molecule has 0 radical (unpaired) electrons. The van der Waals surface area contributed by atoms with Crippen molar-refractivity contribution in [2.24, 2.45) is 0 Å². The van der Waals surface area contributed by atoms with Gasteiger partial charge in [-0.05, 0) is 24.3 Å². The van der Waals surface area contributed by atoms with E-state index in [1.807, 2.05) is 0 Å². The van der Waals surface area contributed by atoms with Crippen LogP contribution in [0, 0.1) is 0 Å². The number of amides is 1. The molecule has 126 valence electrons. The highest BCUT2D eigenvalue weighted by atomic mass is 35.5. The van der Waals surface area contributed by atoms with Crippen LogP contribution in [0.1, 0.15) is 16.2 Å². The molecule has 0 aliphatic rings. The van der Waals surface area contributed by atoms with Gasteiger partial charge < -0.3 is 14.7 Å². The first-order chi connectivity index (χ1) is 12.0. The molecule has 0 saturated carbocycles. The molecule has 0 aliphatic carbocycles. The Bertz CT molecular complexity index is 1160. The summed E-state index contributed by atoms with van der Waals surface area (Å²) in [6, 6.07) is 6.41. The highest BCUT2D eigenvalue weighted by molar-refractivity contribution is 6.37. The molecule has 7 nitrogen and oxygen atoms in total. The molecule has 25 heavy (non-hydrogen) atoms. The molecule has 4 aromatic rings. The zero-order valence-electron chi connectivity index (χ0n) is 12.5. The maximum atomic E-state index is 12.3. The lowest BCUT2D eigenvalue weighted by Crippen LogP contribution is -2.23. The number of benzene rings is 1. The predicted molar refractivity (Wildman–Crippen MR) is 93.2 cm³/mol. The minimum atomic E-state index is -0.387. The van der Waals surface area contributed by atoms with Gasteiger partial charge in [0.1, 0.15) is 16.9 Å². The van der Waals surface area contributed by atoms with E-state index in [1.54, 1.807) is 22.6 Å². The van der Waals surface area contributed by atoms with Crippen molar-refractivity contribution in [3.63, 3.8) is 0 Å². The number of hydrogen-bond acceptors (Lipinski definition) is 4. The van der Waals surface area contributed by atoms with Crippen LogP contribution in [-0.2, 0) is 6.54 Å². The molecule has 0 spiro atoms. The topological polar surface area (TPSA) is 92.4 Å². The van der Waals surface area contributed by atoms with Crippen LogP contribution in [0.5, 0.6) is 0 Å². The smallest absolute Gasteiger partial charge is 0.274 e. The van der Waals surface area contributed by atoms with Gasteiger partial charge in [-0.15, -0.1) is 0 Å². The van der Waals surface area contributed by atoms with E-state index in [0.29, 0.717) is 27.6 Å². The number of hydrogen-bond donors (Lipinski definition) is 2. The molecule has 0 aliphatic heterocycles. The lowest BCUT2D eigenvalue weighted by Gasteiger charge is -2.07. The Morgan fingerprint density at radius 1 is 1.32 bits per heavy atom. The first-order valence-corrected chi connectivity index (χ1v) is 7.99. The summed E-state index contributed by atoms with van der Waals surface area (Å²) in [5.41, 5.74) is 1.36. The molecule has 9 heteroatoms. The number of rotatable bonds is 3. The van der Waals surface area contributed by atoms with Crippen LogP contribution in [0.3, 0.4) is 0 Å². The standard InChI is InChI=1S/C16H10Cl2N4O3/c17-9-6-12(18)22-11-2-1-8(5-10(11)21-16(24)14(9)22)15(23)20-7-13-19-3-4-25-13/h1-6H,7H2,(H,20,23)(H,21,24). The summed E-state index contributed by atoms with van der Waals surface area (Å²) in [5, 5.41) is 3.27. The van der Waals surface area contributed by atoms with Crippen LogP contribution in [-0.4, -0.2) is 20.3 Å². The molecule has 1 aromatic carbocycles. The van der Waals surface area contributed by atoms with Gasteiger partial charge in [-0.2, -0.15) is 0 Å². The van der Waals surface area contributed by atoms with Crippen LogP contribution in [0.4, 0.5) is 0 Å². The second kappa shape index (κ2) is 5.94. The summed E-state index contributed by atoms with van der Waals surface area (Å²) >= 11 is 12.2. The Hall–Kier alpha value is -2.77. The van der Waals surface area contributed by atoms with Crippen molar-refractivity contribution in [3.8, 4) is 0 Å². The zero-order valence-corrected chi connectivity index (χ0v) is 14.1. The second-order valence-corrected chi connectivity index (χ2v) is 6.09. The first kappa shape index (κ1) is 15.7. The van der Waals surface area contributed by atoms with Crippen LogP contribution in [0.25, 0.3) is 16.6 Å². The van der Waals surface area contributed by atoms with Gasteiger partial charge in [0, 0.05) is 5.56 Å².